The monoisotopic (exact) mass is 229 g/mol. The van der Waals surface area contributed by atoms with Gasteiger partial charge in [0.25, 0.3) is 0 Å². The van der Waals surface area contributed by atoms with Crippen molar-refractivity contribution in [3.63, 3.8) is 0 Å². The molecule has 0 aromatic rings. The van der Waals surface area contributed by atoms with E-state index in [1.54, 1.807) is 11.8 Å². The average molecular weight is 229 g/mol. The second-order valence-electron chi connectivity index (χ2n) is 4.80. The van der Waals surface area contributed by atoms with Gasteiger partial charge in [0.05, 0.1) is 0 Å². The Morgan fingerprint density at radius 3 is 2.67 bits per heavy atom. The lowest BCUT2D eigenvalue weighted by Gasteiger charge is -2.41. The van der Waals surface area contributed by atoms with Gasteiger partial charge in [-0.05, 0) is 45.7 Å². The third kappa shape index (κ3) is 2.31. The number of piperidine rings is 1. The summed E-state index contributed by atoms with van der Waals surface area (Å²) in [6.45, 7) is 2.22. The van der Waals surface area contributed by atoms with Crippen LogP contribution in [-0.4, -0.2) is 46.1 Å². The number of hydrogen-bond acceptors (Lipinski definition) is 3. The fourth-order valence-corrected chi connectivity index (χ4v) is 4.29. The first-order valence-corrected chi connectivity index (χ1v) is 6.60. The molecule has 0 amide bonds. The van der Waals surface area contributed by atoms with Crippen LogP contribution in [0.3, 0.4) is 0 Å². The maximum absolute atomic E-state index is 11.2. The summed E-state index contributed by atoms with van der Waals surface area (Å²) in [7, 11) is 2.13. The van der Waals surface area contributed by atoms with Crippen LogP contribution in [0, 0.1) is 0 Å². The van der Waals surface area contributed by atoms with Crippen LogP contribution in [0.2, 0.25) is 0 Å². The molecule has 1 atom stereocenters. The molecule has 1 aliphatic carbocycles. The minimum absolute atomic E-state index is 0.428. The van der Waals surface area contributed by atoms with Crippen molar-refractivity contribution in [2.24, 2.45) is 0 Å². The zero-order chi connectivity index (χ0) is 10.9. The Balaban J connectivity index is 1.92. The number of carbonyl (C=O) groups is 1. The van der Waals surface area contributed by atoms with Crippen LogP contribution in [0.5, 0.6) is 0 Å². The SMILES string of the molecule is CN1CCCC(SC2(C(=O)O)CCC2)C1. The van der Waals surface area contributed by atoms with E-state index in [4.69, 9.17) is 0 Å². The van der Waals surface area contributed by atoms with Crippen LogP contribution >= 0.6 is 11.8 Å². The van der Waals surface area contributed by atoms with E-state index in [0.29, 0.717) is 5.25 Å². The van der Waals surface area contributed by atoms with Crippen LogP contribution in [0.1, 0.15) is 32.1 Å². The van der Waals surface area contributed by atoms with Gasteiger partial charge in [0.15, 0.2) is 0 Å². The Bertz CT molecular complexity index is 253. The number of hydrogen-bond donors (Lipinski definition) is 1. The molecule has 15 heavy (non-hydrogen) atoms. The van der Waals surface area contributed by atoms with Gasteiger partial charge < -0.3 is 10.0 Å². The van der Waals surface area contributed by atoms with Gasteiger partial charge in [-0.2, -0.15) is 0 Å². The minimum Gasteiger partial charge on any atom is -0.480 e. The second kappa shape index (κ2) is 4.34. The van der Waals surface area contributed by atoms with E-state index in [1.165, 1.54) is 12.8 Å². The van der Waals surface area contributed by atoms with Gasteiger partial charge in [0.1, 0.15) is 4.75 Å². The van der Waals surface area contributed by atoms with Crippen molar-refractivity contribution >= 4 is 17.7 Å². The highest BCUT2D eigenvalue weighted by molar-refractivity contribution is 8.02. The summed E-state index contributed by atoms with van der Waals surface area (Å²) in [4.78, 5) is 13.5. The zero-order valence-corrected chi connectivity index (χ0v) is 10.1. The van der Waals surface area contributed by atoms with Crippen molar-refractivity contribution in [3.8, 4) is 0 Å². The van der Waals surface area contributed by atoms with Crippen LogP contribution in [0.15, 0.2) is 0 Å². The van der Waals surface area contributed by atoms with Crippen molar-refractivity contribution < 1.29 is 9.90 Å². The number of rotatable bonds is 3. The van der Waals surface area contributed by atoms with Crippen molar-refractivity contribution in [1.29, 1.82) is 0 Å². The average Bonchev–Trinajstić information content (AvgIpc) is 2.11. The molecule has 1 N–H and O–H groups in total. The quantitative estimate of drug-likeness (QED) is 0.801. The van der Waals surface area contributed by atoms with E-state index < -0.39 is 10.7 Å². The number of aliphatic carboxylic acids is 1. The standard InChI is InChI=1S/C11H19NO2S/c1-12-7-2-4-9(8-12)15-11(10(13)14)5-3-6-11/h9H,2-8H2,1H3,(H,13,14). The molecule has 4 heteroatoms. The van der Waals surface area contributed by atoms with E-state index in [-0.39, 0.29) is 0 Å². The Morgan fingerprint density at radius 2 is 2.20 bits per heavy atom. The minimum atomic E-state index is -0.591. The Kier molecular flexibility index (Phi) is 3.26. The van der Waals surface area contributed by atoms with E-state index in [2.05, 4.69) is 11.9 Å². The molecule has 1 heterocycles. The Labute approximate surface area is 95.2 Å². The van der Waals surface area contributed by atoms with Gasteiger partial charge in [-0.1, -0.05) is 0 Å². The van der Waals surface area contributed by atoms with Gasteiger partial charge in [-0.15, -0.1) is 11.8 Å². The van der Waals surface area contributed by atoms with Gasteiger partial charge in [0.2, 0.25) is 0 Å². The van der Waals surface area contributed by atoms with E-state index in [1.807, 2.05) is 0 Å². The fourth-order valence-electron chi connectivity index (χ4n) is 2.41. The summed E-state index contributed by atoms with van der Waals surface area (Å²) >= 11 is 1.73. The number of thioether (sulfide) groups is 1. The molecular weight excluding hydrogens is 210 g/mol. The lowest BCUT2D eigenvalue weighted by molar-refractivity contribution is -0.142. The van der Waals surface area contributed by atoms with Crippen molar-refractivity contribution in [1.82, 2.24) is 4.90 Å². The van der Waals surface area contributed by atoms with Gasteiger partial charge in [0, 0.05) is 11.8 Å². The van der Waals surface area contributed by atoms with E-state index in [9.17, 15) is 9.90 Å². The molecule has 1 saturated carbocycles. The molecule has 0 aromatic heterocycles. The number of carboxylic acids is 1. The molecule has 0 bridgehead atoms. The van der Waals surface area contributed by atoms with Crippen molar-refractivity contribution in [2.45, 2.75) is 42.1 Å². The van der Waals surface area contributed by atoms with E-state index in [0.717, 1.165) is 32.4 Å². The maximum atomic E-state index is 11.2. The van der Waals surface area contributed by atoms with Gasteiger partial charge >= 0.3 is 5.97 Å². The number of carboxylic acid groups (broad SMARTS) is 1. The first kappa shape index (κ1) is 11.3. The molecule has 0 radical (unpaired) electrons. The van der Waals surface area contributed by atoms with Crippen LogP contribution in [0.4, 0.5) is 0 Å². The van der Waals surface area contributed by atoms with Crippen LogP contribution in [-0.2, 0) is 4.79 Å². The van der Waals surface area contributed by atoms with E-state index >= 15 is 0 Å². The number of likely N-dealkylation sites (tertiary alicyclic amines) is 1. The fraction of sp³-hybridized carbons (Fsp3) is 0.909. The number of nitrogens with zero attached hydrogens (tertiary/aromatic N) is 1. The smallest absolute Gasteiger partial charge is 0.319 e. The maximum Gasteiger partial charge on any atom is 0.319 e. The molecule has 0 spiro atoms. The van der Waals surface area contributed by atoms with Crippen molar-refractivity contribution in [2.75, 3.05) is 20.1 Å². The largest absolute Gasteiger partial charge is 0.480 e. The highest BCUT2D eigenvalue weighted by atomic mass is 32.2. The van der Waals surface area contributed by atoms with Gasteiger partial charge in [-0.3, -0.25) is 4.79 Å². The summed E-state index contributed by atoms with van der Waals surface area (Å²) in [6, 6.07) is 0. The lowest BCUT2D eigenvalue weighted by atomic mass is 9.84. The van der Waals surface area contributed by atoms with Gasteiger partial charge in [-0.25, -0.2) is 0 Å². The summed E-state index contributed by atoms with van der Waals surface area (Å²) in [5.41, 5.74) is 0. The molecule has 2 fully saturated rings. The molecule has 86 valence electrons. The van der Waals surface area contributed by atoms with Crippen molar-refractivity contribution in [3.05, 3.63) is 0 Å². The Hall–Kier alpha value is -0.220. The first-order chi connectivity index (χ1) is 7.12. The molecule has 2 rings (SSSR count). The molecule has 2 aliphatic rings. The molecule has 1 saturated heterocycles. The lowest BCUT2D eigenvalue weighted by Crippen LogP contribution is -2.46. The summed E-state index contributed by atoms with van der Waals surface area (Å²) in [5.74, 6) is -0.591. The summed E-state index contributed by atoms with van der Waals surface area (Å²) < 4.78 is -0.428. The highest BCUT2D eigenvalue weighted by Crippen LogP contribution is 2.47. The molecule has 1 unspecified atom stereocenters. The van der Waals surface area contributed by atoms with Crippen LogP contribution in [0.25, 0.3) is 0 Å². The topological polar surface area (TPSA) is 40.5 Å². The predicted molar refractivity (Wildman–Crippen MR) is 62.3 cm³/mol. The predicted octanol–water partition coefficient (Wildman–Crippen LogP) is 1.82. The molecule has 0 aromatic carbocycles. The molecule has 3 nitrogen and oxygen atoms in total. The molecule has 1 aliphatic heterocycles. The van der Waals surface area contributed by atoms with Crippen LogP contribution < -0.4 is 0 Å². The normalized spacial score (nSPS) is 30.9. The third-order valence-corrected chi connectivity index (χ3v) is 5.28. The Morgan fingerprint density at radius 1 is 1.47 bits per heavy atom. The second-order valence-corrected chi connectivity index (χ2v) is 6.48. The zero-order valence-electron chi connectivity index (χ0n) is 9.24. The molecular formula is C11H19NO2S. The first-order valence-electron chi connectivity index (χ1n) is 5.72. The third-order valence-electron chi connectivity index (χ3n) is 3.52. The highest BCUT2D eigenvalue weighted by Gasteiger charge is 2.46. The summed E-state index contributed by atoms with van der Waals surface area (Å²) in [6.07, 6.45) is 5.22. The summed E-state index contributed by atoms with van der Waals surface area (Å²) in [5, 5.41) is 9.77.